The van der Waals surface area contributed by atoms with Gasteiger partial charge in [-0.05, 0) is 6.07 Å². The average molecular weight is 284 g/mol. The molecule has 1 N–H and O–H groups in total. The van der Waals surface area contributed by atoms with Gasteiger partial charge in [0.15, 0.2) is 0 Å². The van der Waals surface area contributed by atoms with Gasteiger partial charge in [0.05, 0.1) is 11.8 Å². The second kappa shape index (κ2) is 5.11. The molecule has 5 nitrogen and oxygen atoms in total. The van der Waals surface area contributed by atoms with E-state index in [1.165, 1.54) is 0 Å². The minimum atomic E-state index is -4.54. The van der Waals surface area contributed by atoms with Crippen molar-refractivity contribution in [3.8, 4) is 0 Å². The molecule has 0 amide bonds. The lowest BCUT2D eigenvalue weighted by Crippen LogP contribution is -2.30. The van der Waals surface area contributed by atoms with E-state index in [0.717, 1.165) is 16.9 Å². The molecule has 18 heavy (non-hydrogen) atoms. The van der Waals surface area contributed by atoms with E-state index < -0.39 is 27.3 Å². The highest BCUT2D eigenvalue weighted by Gasteiger charge is 2.30. The van der Waals surface area contributed by atoms with Crippen LogP contribution in [0.25, 0.3) is 0 Å². The molecule has 9 heteroatoms. The summed E-state index contributed by atoms with van der Waals surface area (Å²) in [6, 6.07) is 1.48. The number of sulfonamides is 1. The third-order valence-corrected chi connectivity index (χ3v) is 2.76. The smallest absolute Gasteiger partial charge is 0.314 e. The van der Waals surface area contributed by atoms with E-state index in [4.69, 9.17) is 0 Å². The first-order chi connectivity index (χ1) is 8.09. The molecule has 1 aromatic rings. The van der Waals surface area contributed by atoms with Gasteiger partial charge in [0.1, 0.15) is 0 Å². The Kier molecular flexibility index (Phi) is 4.17. The molecular weight excluding hydrogens is 273 g/mol. The maximum atomic E-state index is 12.4. The van der Waals surface area contributed by atoms with Gasteiger partial charge < -0.3 is 4.57 Å². The third-order valence-electron chi connectivity index (χ3n) is 2.03. The molecule has 0 unspecified atom stereocenters. The van der Waals surface area contributed by atoms with Gasteiger partial charge in [-0.2, -0.15) is 13.2 Å². The highest BCUT2D eigenvalue weighted by atomic mass is 32.2. The predicted octanol–water partition coefficient (Wildman–Crippen LogP) is 0.416. The third kappa shape index (κ3) is 4.49. The van der Waals surface area contributed by atoms with Gasteiger partial charge in [-0.1, -0.05) is 0 Å². The fraction of sp³-hybridized carbons (Fsp3) is 0.444. The van der Waals surface area contributed by atoms with Crippen LogP contribution in [0.4, 0.5) is 13.2 Å². The van der Waals surface area contributed by atoms with Crippen molar-refractivity contribution in [3.63, 3.8) is 0 Å². The molecule has 0 aromatic carbocycles. The van der Waals surface area contributed by atoms with Crippen LogP contribution in [-0.2, 0) is 22.7 Å². The molecule has 1 rings (SSSR count). The molecule has 0 bridgehead atoms. The predicted molar refractivity (Wildman–Crippen MR) is 58.6 cm³/mol. The topological polar surface area (TPSA) is 68.2 Å². The zero-order valence-corrected chi connectivity index (χ0v) is 10.2. The van der Waals surface area contributed by atoms with Crippen LogP contribution in [0, 0.1) is 0 Å². The van der Waals surface area contributed by atoms with Crippen molar-refractivity contribution in [2.75, 3.05) is 12.8 Å². The van der Waals surface area contributed by atoms with Crippen LogP contribution >= 0.6 is 0 Å². The molecule has 1 aromatic heterocycles. The van der Waals surface area contributed by atoms with Crippen LogP contribution in [0.1, 0.15) is 5.56 Å². The first-order valence-corrected chi connectivity index (χ1v) is 6.71. The highest BCUT2D eigenvalue weighted by molar-refractivity contribution is 7.88. The van der Waals surface area contributed by atoms with Crippen LogP contribution in [0.15, 0.2) is 23.1 Å². The van der Waals surface area contributed by atoms with E-state index in [9.17, 15) is 26.4 Å². The van der Waals surface area contributed by atoms with Crippen LogP contribution in [0.2, 0.25) is 0 Å². The number of aromatic nitrogens is 1. The van der Waals surface area contributed by atoms with Gasteiger partial charge in [0, 0.05) is 25.4 Å². The zero-order chi connectivity index (χ0) is 14.0. The molecule has 0 radical (unpaired) electrons. The summed E-state index contributed by atoms with van der Waals surface area (Å²) < 4.78 is 61.6. The van der Waals surface area contributed by atoms with Gasteiger partial charge in [-0.15, -0.1) is 0 Å². The van der Waals surface area contributed by atoms with Crippen molar-refractivity contribution < 1.29 is 21.6 Å². The molecule has 0 spiro atoms. The summed E-state index contributed by atoms with van der Waals surface area (Å²) in [4.78, 5) is 11.3. The lowest BCUT2D eigenvalue weighted by molar-refractivity contribution is -0.138. The Morgan fingerprint density at radius 3 is 2.44 bits per heavy atom. The molecule has 102 valence electrons. The van der Waals surface area contributed by atoms with Crippen molar-refractivity contribution in [1.82, 2.24) is 9.29 Å². The molecular formula is C9H11F3N2O3S. The highest BCUT2D eigenvalue weighted by Crippen LogP contribution is 2.27. The molecule has 0 aliphatic heterocycles. The monoisotopic (exact) mass is 284 g/mol. The van der Waals surface area contributed by atoms with Gasteiger partial charge in [-0.25, -0.2) is 13.1 Å². The number of nitrogens with zero attached hydrogens (tertiary/aromatic N) is 1. The number of halogens is 3. The van der Waals surface area contributed by atoms with Crippen LogP contribution in [0.3, 0.4) is 0 Å². The van der Waals surface area contributed by atoms with Crippen molar-refractivity contribution in [1.29, 1.82) is 0 Å². The van der Waals surface area contributed by atoms with Crippen LogP contribution in [-0.4, -0.2) is 25.8 Å². The lowest BCUT2D eigenvalue weighted by atomic mass is 10.3. The molecule has 0 atom stereocenters. The zero-order valence-electron chi connectivity index (χ0n) is 9.36. The van der Waals surface area contributed by atoms with E-state index in [1.54, 1.807) is 0 Å². The average Bonchev–Trinajstić information content (AvgIpc) is 2.17. The molecule has 0 aliphatic rings. The number of alkyl halides is 3. The molecule has 0 aliphatic carbocycles. The minimum Gasteiger partial charge on any atom is -0.314 e. The van der Waals surface area contributed by atoms with Crippen molar-refractivity contribution in [3.05, 3.63) is 34.2 Å². The van der Waals surface area contributed by atoms with E-state index in [-0.39, 0.29) is 13.1 Å². The number of hydrogen-bond acceptors (Lipinski definition) is 3. The maximum absolute atomic E-state index is 12.4. The Labute approximate surface area is 101 Å². The maximum Gasteiger partial charge on any atom is 0.417 e. The van der Waals surface area contributed by atoms with E-state index in [1.807, 2.05) is 0 Å². The largest absolute Gasteiger partial charge is 0.417 e. The summed E-state index contributed by atoms with van der Waals surface area (Å²) in [5, 5.41) is 0. The Bertz CT molecular complexity index is 577. The second-order valence-electron chi connectivity index (χ2n) is 3.61. The fourth-order valence-corrected chi connectivity index (χ4v) is 1.69. The number of nitrogens with one attached hydrogen (secondary N) is 1. The van der Waals surface area contributed by atoms with E-state index in [2.05, 4.69) is 4.72 Å². The lowest BCUT2D eigenvalue weighted by Gasteiger charge is -2.10. The summed E-state index contributed by atoms with van der Waals surface area (Å²) in [5.41, 5.74) is -1.58. The molecule has 0 saturated carbocycles. The van der Waals surface area contributed by atoms with E-state index >= 15 is 0 Å². The van der Waals surface area contributed by atoms with Gasteiger partial charge in [0.25, 0.3) is 5.56 Å². The summed E-state index contributed by atoms with van der Waals surface area (Å²) in [7, 11) is -3.43. The van der Waals surface area contributed by atoms with Crippen LogP contribution < -0.4 is 10.3 Å². The summed E-state index contributed by atoms with van der Waals surface area (Å²) >= 11 is 0. The molecule has 0 saturated heterocycles. The van der Waals surface area contributed by atoms with Crippen molar-refractivity contribution in [2.45, 2.75) is 12.7 Å². The number of pyridine rings is 1. The number of rotatable bonds is 4. The Morgan fingerprint density at radius 2 is 1.94 bits per heavy atom. The summed E-state index contributed by atoms with van der Waals surface area (Å²) in [6.07, 6.45) is -2.96. The van der Waals surface area contributed by atoms with Gasteiger partial charge in [0.2, 0.25) is 10.0 Å². The Balaban J connectivity index is 2.86. The molecule has 0 fully saturated rings. The number of hydrogen-bond donors (Lipinski definition) is 1. The molecule has 1 heterocycles. The normalized spacial score (nSPS) is 12.7. The quantitative estimate of drug-likeness (QED) is 0.871. The first-order valence-electron chi connectivity index (χ1n) is 4.82. The van der Waals surface area contributed by atoms with Gasteiger partial charge >= 0.3 is 6.18 Å². The van der Waals surface area contributed by atoms with Gasteiger partial charge in [-0.3, -0.25) is 4.79 Å². The van der Waals surface area contributed by atoms with Crippen LogP contribution in [0.5, 0.6) is 0 Å². The van der Waals surface area contributed by atoms with Crippen molar-refractivity contribution in [2.24, 2.45) is 0 Å². The summed E-state index contributed by atoms with van der Waals surface area (Å²) in [5.74, 6) is 0. The summed E-state index contributed by atoms with van der Waals surface area (Å²) in [6.45, 7) is -0.324. The second-order valence-corrected chi connectivity index (χ2v) is 5.45. The Hall–Kier alpha value is -1.35. The van der Waals surface area contributed by atoms with Crippen molar-refractivity contribution >= 4 is 10.0 Å². The standard InChI is InChI=1S/C9H11F3N2O3S/c1-18(16,17)13-4-5-14-6-7(9(10,11)12)2-3-8(14)15/h2-3,6,13H,4-5H2,1H3. The Morgan fingerprint density at radius 1 is 1.33 bits per heavy atom. The minimum absolute atomic E-state index is 0.153. The fourth-order valence-electron chi connectivity index (χ4n) is 1.23. The van der Waals surface area contributed by atoms with E-state index in [0.29, 0.717) is 12.3 Å². The SMILES string of the molecule is CS(=O)(=O)NCCn1cc(C(F)(F)F)ccc1=O. The first kappa shape index (κ1) is 14.7.